The van der Waals surface area contributed by atoms with Crippen LogP contribution in [-0.4, -0.2) is 6.04 Å². The van der Waals surface area contributed by atoms with Crippen molar-refractivity contribution in [1.82, 2.24) is 0 Å². The zero-order valence-corrected chi connectivity index (χ0v) is 14.3. The Labute approximate surface area is 131 Å². The summed E-state index contributed by atoms with van der Waals surface area (Å²) in [6.07, 6.45) is 14.9. The first kappa shape index (κ1) is 17.8. The van der Waals surface area contributed by atoms with E-state index in [4.69, 9.17) is 6.57 Å². The van der Waals surface area contributed by atoms with Crippen LogP contribution >= 0.6 is 0 Å². The van der Waals surface area contributed by atoms with E-state index < -0.39 is 0 Å². The van der Waals surface area contributed by atoms with Crippen LogP contribution in [0.3, 0.4) is 0 Å². The molecule has 1 aliphatic carbocycles. The second kappa shape index (κ2) is 9.61. The van der Waals surface area contributed by atoms with Crippen molar-refractivity contribution >= 4 is 0 Å². The van der Waals surface area contributed by atoms with E-state index in [1.54, 1.807) is 0 Å². The highest BCUT2D eigenvalue weighted by atomic mass is 14.7. The molecule has 0 heterocycles. The van der Waals surface area contributed by atoms with Gasteiger partial charge in [-0.3, -0.25) is 0 Å². The van der Waals surface area contributed by atoms with Gasteiger partial charge in [0, 0.05) is 12.3 Å². The van der Waals surface area contributed by atoms with Crippen LogP contribution in [-0.2, 0) is 0 Å². The van der Waals surface area contributed by atoms with Gasteiger partial charge in [-0.2, -0.15) is 0 Å². The molecule has 21 heavy (non-hydrogen) atoms. The summed E-state index contributed by atoms with van der Waals surface area (Å²) >= 11 is 0. The van der Waals surface area contributed by atoms with Crippen molar-refractivity contribution in [2.75, 3.05) is 0 Å². The number of allylic oxidation sites excluding steroid dienone is 6. The van der Waals surface area contributed by atoms with E-state index in [1.165, 1.54) is 29.6 Å². The normalized spacial score (nSPS) is 20.4. The molecular weight excluding hydrogens is 254 g/mol. The maximum Gasteiger partial charge on any atom is 0.227 e. The molecule has 1 heteroatoms. The number of hydrogen-bond donors (Lipinski definition) is 0. The van der Waals surface area contributed by atoms with Crippen LogP contribution in [0.4, 0.5) is 0 Å². The Morgan fingerprint density at radius 1 is 1.33 bits per heavy atom. The standard InChI is InChI=1S/C20H31N/c1-16(2)8-6-9-17(3)10-7-11-20(21-5)19-14-12-18(4)13-15-19/h8,10,12,19-20H,6-7,9,11,13-15H2,1-4H3/b17-10+/t19-,20?/m0/s1. The molecule has 0 bridgehead atoms. The fourth-order valence-electron chi connectivity index (χ4n) is 2.93. The predicted molar refractivity (Wildman–Crippen MR) is 93.1 cm³/mol. The van der Waals surface area contributed by atoms with Crippen molar-refractivity contribution in [3.8, 4) is 0 Å². The van der Waals surface area contributed by atoms with Crippen LogP contribution in [0.1, 0.15) is 72.6 Å². The van der Waals surface area contributed by atoms with Crippen LogP contribution in [0.5, 0.6) is 0 Å². The molecule has 1 unspecified atom stereocenters. The molecule has 0 aromatic heterocycles. The lowest BCUT2D eigenvalue weighted by Gasteiger charge is -2.21. The van der Waals surface area contributed by atoms with Crippen LogP contribution in [0, 0.1) is 12.5 Å². The van der Waals surface area contributed by atoms with E-state index >= 15 is 0 Å². The van der Waals surface area contributed by atoms with Gasteiger partial charge in [-0.1, -0.05) is 34.9 Å². The molecule has 116 valence electrons. The maximum absolute atomic E-state index is 7.47. The average Bonchev–Trinajstić information content (AvgIpc) is 2.44. The Balaban J connectivity index is 2.35. The third-order valence-electron chi connectivity index (χ3n) is 4.43. The molecule has 0 spiro atoms. The lowest BCUT2D eigenvalue weighted by atomic mass is 9.83. The zero-order valence-electron chi connectivity index (χ0n) is 14.3. The molecule has 2 atom stereocenters. The fraction of sp³-hybridized carbons (Fsp3) is 0.650. The molecule has 1 rings (SSSR count). The third-order valence-corrected chi connectivity index (χ3v) is 4.43. The molecule has 0 aromatic rings. The van der Waals surface area contributed by atoms with Gasteiger partial charge in [-0.25, -0.2) is 6.57 Å². The van der Waals surface area contributed by atoms with Crippen molar-refractivity contribution in [2.45, 2.75) is 78.7 Å². The van der Waals surface area contributed by atoms with Gasteiger partial charge in [0.2, 0.25) is 6.04 Å². The molecule has 1 aliphatic rings. The highest BCUT2D eigenvalue weighted by molar-refractivity contribution is 5.07. The second-order valence-corrected chi connectivity index (χ2v) is 6.73. The monoisotopic (exact) mass is 285 g/mol. The summed E-state index contributed by atoms with van der Waals surface area (Å²) in [5.74, 6) is 0.589. The van der Waals surface area contributed by atoms with Crippen LogP contribution in [0.15, 0.2) is 34.9 Å². The Kier molecular flexibility index (Phi) is 8.13. The molecule has 0 saturated carbocycles. The molecule has 0 aromatic carbocycles. The highest BCUT2D eigenvalue weighted by Crippen LogP contribution is 2.29. The molecule has 0 radical (unpaired) electrons. The molecule has 0 fully saturated rings. The molecule has 0 saturated heterocycles. The largest absolute Gasteiger partial charge is 0.313 e. The average molecular weight is 285 g/mol. The summed E-state index contributed by atoms with van der Waals surface area (Å²) in [4.78, 5) is 3.90. The SMILES string of the molecule is [C-]#[N+]C(CC/C=C(\C)CCC=C(C)C)[C@H]1CC=C(C)CC1. The first-order valence-corrected chi connectivity index (χ1v) is 8.34. The quantitative estimate of drug-likeness (QED) is 0.372. The van der Waals surface area contributed by atoms with Crippen LogP contribution in [0.25, 0.3) is 4.85 Å². The van der Waals surface area contributed by atoms with Gasteiger partial charge in [0.15, 0.2) is 0 Å². The van der Waals surface area contributed by atoms with E-state index in [2.05, 4.69) is 50.8 Å². The van der Waals surface area contributed by atoms with Crippen molar-refractivity contribution < 1.29 is 0 Å². The van der Waals surface area contributed by atoms with Gasteiger partial charge in [-0.15, -0.1) is 0 Å². The third kappa shape index (κ3) is 7.32. The van der Waals surface area contributed by atoms with Gasteiger partial charge >= 0.3 is 0 Å². The maximum atomic E-state index is 7.47. The zero-order chi connectivity index (χ0) is 15.7. The van der Waals surface area contributed by atoms with E-state index in [9.17, 15) is 0 Å². The molecule has 0 N–H and O–H groups in total. The summed E-state index contributed by atoms with van der Waals surface area (Å²) in [7, 11) is 0. The van der Waals surface area contributed by atoms with Gasteiger partial charge in [-0.05, 0) is 66.2 Å². The summed E-state index contributed by atoms with van der Waals surface area (Å²) in [5, 5.41) is 0. The Hall–Kier alpha value is -1.29. The second-order valence-electron chi connectivity index (χ2n) is 6.73. The Morgan fingerprint density at radius 2 is 2.10 bits per heavy atom. The van der Waals surface area contributed by atoms with Crippen molar-refractivity contribution in [3.63, 3.8) is 0 Å². The smallest absolute Gasteiger partial charge is 0.227 e. The van der Waals surface area contributed by atoms with Crippen LogP contribution < -0.4 is 0 Å². The van der Waals surface area contributed by atoms with E-state index in [1.807, 2.05) is 0 Å². The topological polar surface area (TPSA) is 4.36 Å². The van der Waals surface area contributed by atoms with Crippen LogP contribution in [0.2, 0.25) is 0 Å². The molecule has 0 aliphatic heterocycles. The summed E-state index contributed by atoms with van der Waals surface area (Å²) < 4.78 is 0. The lowest BCUT2D eigenvalue weighted by molar-refractivity contribution is 0.404. The Bertz CT molecular complexity index is 441. The van der Waals surface area contributed by atoms with Gasteiger partial charge in [0.25, 0.3) is 0 Å². The molecule has 0 amide bonds. The predicted octanol–water partition coefficient (Wildman–Crippen LogP) is 6.49. The van der Waals surface area contributed by atoms with Gasteiger partial charge in [0.1, 0.15) is 0 Å². The van der Waals surface area contributed by atoms with E-state index in [0.717, 1.165) is 32.1 Å². The minimum Gasteiger partial charge on any atom is -0.313 e. The van der Waals surface area contributed by atoms with E-state index in [0.29, 0.717) is 5.92 Å². The highest BCUT2D eigenvalue weighted by Gasteiger charge is 2.26. The molecule has 1 nitrogen and oxygen atoms in total. The van der Waals surface area contributed by atoms with Crippen molar-refractivity contribution in [2.24, 2.45) is 5.92 Å². The summed E-state index contributed by atoms with van der Waals surface area (Å²) in [6, 6.07) is 0.219. The summed E-state index contributed by atoms with van der Waals surface area (Å²) in [6.45, 7) is 16.2. The van der Waals surface area contributed by atoms with Crippen molar-refractivity contribution in [1.29, 1.82) is 0 Å². The number of rotatable bonds is 7. The minimum atomic E-state index is 0.219. The number of nitrogens with zero attached hydrogens (tertiary/aromatic N) is 1. The van der Waals surface area contributed by atoms with Crippen molar-refractivity contribution in [3.05, 3.63) is 46.4 Å². The number of hydrogen-bond acceptors (Lipinski definition) is 0. The molecular formula is C20H31N. The Morgan fingerprint density at radius 3 is 2.67 bits per heavy atom. The first-order chi connectivity index (χ1) is 10.0. The minimum absolute atomic E-state index is 0.219. The first-order valence-electron chi connectivity index (χ1n) is 8.34. The lowest BCUT2D eigenvalue weighted by Crippen LogP contribution is -2.19. The van der Waals surface area contributed by atoms with Gasteiger partial charge in [0.05, 0.1) is 0 Å². The van der Waals surface area contributed by atoms with E-state index in [-0.39, 0.29) is 6.04 Å². The summed E-state index contributed by atoms with van der Waals surface area (Å²) in [5.41, 5.74) is 4.37. The fourth-order valence-corrected chi connectivity index (χ4v) is 2.93. The van der Waals surface area contributed by atoms with Gasteiger partial charge < -0.3 is 4.85 Å².